The first-order valence-corrected chi connectivity index (χ1v) is 27.1. The van der Waals surface area contributed by atoms with Crippen molar-refractivity contribution in [1.29, 1.82) is 0 Å². The van der Waals surface area contributed by atoms with Crippen LogP contribution in [0.15, 0.2) is 158 Å². The van der Waals surface area contributed by atoms with Gasteiger partial charge in [-0.25, -0.2) is 0 Å². The third-order valence-electron chi connectivity index (χ3n) is 18.3. The fraction of sp³-hybridized carbons (Fsp3) is 0.194. The van der Waals surface area contributed by atoms with Crippen LogP contribution in [-0.2, 0) is 13.1 Å². The monoisotopic (exact) mass is 1050 g/mol. The van der Waals surface area contributed by atoms with Crippen molar-refractivity contribution in [2.45, 2.75) is 70.0 Å². The lowest BCUT2D eigenvalue weighted by Gasteiger charge is -2.20. The second kappa shape index (κ2) is 16.5. The van der Waals surface area contributed by atoms with E-state index in [9.17, 15) is 24.3 Å². The van der Waals surface area contributed by atoms with Crippen LogP contribution in [-0.4, -0.2) is 77.1 Å². The van der Waals surface area contributed by atoms with Gasteiger partial charge in [-0.1, -0.05) is 117 Å². The quantitative estimate of drug-likeness (QED) is 0.129. The predicted octanol–water partition coefficient (Wildman–Crippen LogP) is 13.4. The number of aliphatic hydroxyl groups is 1. The van der Waals surface area contributed by atoms with Gasteiger partial charge in [0.25, 0.3) is 23.6 Å². The van der Waals surface area contributed by atoms with Gasteiger partial charge in [0.15, 0.2) is 0 Å². The molecule has 0 radical (unpaired) electrons. The molecule has 12 aromatic rings. The number of fused-ring (bicyclic) bond motifs is 26. The summed E-state index contributed by atoms with van der Waals surface area (Å²) >= 11 is 0. The SMILES string of the molecule is C.COc1ccc(CN2C(=O)c3c(c4c5ccccc5n5c4c4c3c3ccccc3n4C3C=CC5C3)C2=O)cc1.COc1ccc(CN2C(=O)c3c(c4c5ccccc5n5c4c4c3c3ccccc3n4C3CC5[C@H](O)C3)C2=O)cc1. The van der Waals surface area contributed by atoms with E-state index in [2.05, 4.69) is 85.0 Å². The maximum absolute atomic E-state index is 14.3. The first kappa shape index (κ1) is 46.6. The molecule has 1 fully saturated rings. The van der Waals surface area contributed by atoms with Crippen molar-refractivity contribution in [3.63, 3.8) is 0 Å². The molecule has 4 aliphatic heterocycles. The van der Waals surface area contributed by atoms with Crippen LogP contribution in [0.5, 0.6) is 11.5 Å². The molecule has 4 amide bonds. The highest BCUT2D eigenvalue weighted by Gasteiger charge is 2.48. The minimum Gasteiger partial charge on any atom is -0.497 e. The van der Waals surface area contributed by atoms with Gasteiger partial charge in [0, 0.05) is 71.2 Å². The molecule has 80 heavy (non-hydrogen) atoms. The Morgan fingerprint density at radius 3 is 1.15 bits per heavy atom. The molecular formula is C67H52N6O7. The standard InChI is InChI=1S/C33H25N3O4.C33H23N3O3.CH4/c1-40-19-12-10-17(11-13-19)16-34-32(38)28-26-20-6-2-4-8-22(20)35-18-14-24(25(37)15-18)36-23-9-5-3-7-21(23)27(29(28)33(34)39)31(36)30(26)35;1-39-21-14-10-18(11-15-21)17-34-32(37)28-26-22-6-2-4-8-24(22)35-19-12-13-20(16-19)36-25-9-5-3-7-23(25)27(29(28)33(34)38)31(36)30(26)35;/h2-13,18,24-25,37H,14-16H2,1H3;2-15,19-20H,16-17H2,1H3;1H4/t18?,24?,25-;;/m1../s1. The van der Waals surface area contributed by atoms with Gasteiger partial charge in [0.2, 0.25) is 0 Å². The average Bonchev–Trinajstić information content (AvgIpc) is 4.55. The molecule has 1 N–H and O–H groups in total. The molecule has 8 heterocycles. The number of rotatable bonds is 6. The minimum absolute atomic E-state index is 0. The molecule has 8 aromatic carbocycles. The van der Waals surface area contributed by atoms with Crippen molar-refractivity contribution in [2.75, 3.05) is 14.2 Å². The lowest BCUT2D eigenvalue weighted by molar-refractivity contribution is 0.0628. The van der Waals surface area contributed by atoms with Gasteiger partial charge in [0.1, 0.15) is 11.5 Å². The fourth-order valence-corrected chi connectivity index (χ4v) is 15.1. The number of benzene rings is 8. The smallest absolute Gasteiger partial charge is 0.262 e. The third kappa shape index (κ3) is 5.83. The lowest BCUT2D eigenvalue weighted by atomic mass is 9.96. The van der Waals surface area contributed by atoms with Crippen LogP contribution < -0.4 is 9.47 Å². The average molecular weight is 1050 g/mol. The van der Waals surface area contributed by atoms with Crippen molar-refractivity contribution in [2.24, 2.45) is 0 Å². The molecule has 18 rings (SSSR count). The Morgan fingerprint density at radius 1 is 0.425 bits per heavy atom. The van der Waals surface area contributed by atoms with E-state index in [1.54, 1.807) is 14.2 Å². The van der Waals surface area contributed by atoms with Crippen LogP contribution >= 0.6 is 0 Å². The Hall–Kier alpha value is -9.46. The van der Waals surface area contributed by atoms with Crippen LogP contribution in [0.2, 0.25) is 0 Å². The van der Waals surface area contributed by atoms with Crippen LogP contribution in [0.4, 0.5) is 0 Å². The zero-order chi connectivity index (χ0) is 52.9. The maximum atomic E-state index is 14.3. The second-order valence-corrected chi connectivity index (χ2v) is 22.0. The van der Waals surface area contributed by atoms with Gasteiger partial charge >= 0.3 is 0 Å². The van der Waals surface area contributed by atoms with E-state index >= 15 is 0 Å². The fourth-order valence-electron chi connectivity index (χ4n) is 15.1. The molecule has 392 valence electrons. The summed E-state index contributed by atoms with van der Waals surface area (Å²) in [6.07, 6.45) is 6.51. The number of allylic oxidation sites excluding steroid dienone is 2. The molecular weight excluding hydrogens is 1000 g/mol. The lowest BCUT2D eigenvalue weighted by Crippen LogP contribution is -2.29. The van der Waals surface area contributed by atoms with E-state index < -0.39 is 6.10 Å². The molecule has 4 unspecified atom stereocenters. The van der Waals surface area contributed by atoms with Gasteiger partial charge in [-0.3, -0.25) is 29.0 Å². The maximum Gasteiger partial charge on any atom is 0.262 e. The Bertz CT molecular complexity index is 4700. The number of amides is 4. The molecule has 1 saturated carbocycles. The summed E-state index contributed by atoms with van der Waals surface area (Å²) in [5.41, 5.74) is 12.1. The summed E-state index contributed by atoms with van der Waals surface area (Å²) in [6.45, 7) is 0.393. The topological polar surface area (TPSA) is 133 Å². The third-order valence-corrected chi connectivity index (χ3v) is 18.3. The molecule has 4 aromatic heterocycles. The highest BCUT2D eigenvalue weighted by molar-refractivity contribution is 6.41. The highest BCUT2D eigenvalue weighted by atomic mass is 16.5. The number of imide groups is 2. The number of para-hydroxylation sites is 4. The number of nitrogens with zero attached hydrogens (tertiary/aromatic N) is 6. The van der Waals surface area contributed by atoms with Crippen molar-refractivity contribution in [1.82, 2.24) is 28.1 Å². The summed E-state index contributed by atoms with van der Waals surface area (Å²) in [6, 6.07) is 48.3. The Kier molecular flexibility index (Phi) is 9.64. The Morgan fingerprint density at radius 2 is 0.762 bits per heavy atom. The minimum atomic E-state index is -0.495. The zero-order valence-corrected chi connectivity index (χ0v) is 43.0. The molecule has 0 saturated heterocycles. The van der Waals surface area contributed by atoms with Gasteiger partial charge in [-0.15, -0.1) is 0 Å². The van der Waals surface area contributed by atoms with E-state index in [0.717, 1.165) is 123 Å². The van der Waals surface area contributed by atoms with E-state index in [4.69, 9.17) is 9.47 Å². The van der Waals surface area contributed by atoms with Crippen LogP contribution in [0.3, 0.4) is 0 Å². The Labute approximate surface area is 457 Å². The largest absolute Gasteiger partial charge is 0.497 e. The van der Waals surface area contributed by atoms with E-state index in [0.29, 0.717) is 28.7 Å². The molecule has 13 nitrogen and oxygen atoms in total. The van der Waals surface area contributed by atoms with E-state index in [-0.39, 0.29) is 68.3 Å². The molecule has 0 spiro atoms. The first-order valence-electron chi connectivity index (χ1n) is 27.1. The number of methoxy groups -OCH3 is 2. The number of ether oxygens (including phenoxy) is 2. The predicted molar refractivity (Wildman–Crippen MR) is 311 cm³/mol. The van der Waals surface area contributed by atoms with Crippen molar-refractivity contribution in [3.05, 3.63) is 191 Å². The van der Waals surface area contributed by atoms with Crippen LogP contribution in [0.25, 0.3) is 87.2 Å². The number of hydrogen-bond acceptors (Lipinski definition) is 7. The molecule has 5 atom stereocenters. The van der Waals surface area contributed by atoms with E-state index in [1.807, 2.05) is 91.0 Å². The first-order chi connectivity index (χ1) is 38.7. The van der Waals surface area contributed by atoms with Gasteiger partial charge in [0.05, 0.1) is 95.9 Å². The second-order valence-electron chi connectivity index (χ2n) is 22.0. The normalized spacial score (nSPS) is 20.2. The van der Waals surface area contributed by atoms with Gasteiger partial charge in [-0.2, -0.15) is 0 Å². The number of carbonyl (C=O) groups is 4. The molecule has 6 aliphatic rings. The van der Waals surface area contributed by atoms with Crippen molar-refractivity contribution >= 4 is 111 Å². The van der Waals surface area contributed by atoms with E-state index in [1.165, 1.54) is 9.80 Å². The van der Waals surface area contributed by atoms with Crippen molar-refractivity contribution in [3.8, 4) is 11.5 Å². The number of hydrogen-bond donors (Lipinski definition) is 1. The van der Waals surface area contributed by atoms with Crippen molar-refractivity contribution < 1.29 is 33.8 Å². The number of aromatic nitrogens is 4. The Balaban J connectivity index is 0.000000131. The zero-order valence-electron chi connectivity index (χ0n) is 43.0. The summed E-state index contributed by atoms with van der Waals surface area (Å²) < 4.78 is 20.0. The van der Waals surface area contributed by atoms with Crippen LogP contribution in [0, 0.1) is 0 Å². The van der Waals surface area contributed by atoms with Crippen LogP contribution in [0.1, 0.15) is 103 Å². The molecule has 2 aliphatic carbocycles. The molecule has 4 bridgehead atoms. The summed E-state index contributed by atoms with van der Waals surface area (Å²) in [5.74, 6) is 0.485. The molecule has 13 heteroatoms. The summed E-state index contributed by atoms with van der Waals surface area (Å²) in [4.78, 5) is 60.1. The highest BCUT2D eigenvalue weighted by Crippen LogP contribution is 2.56. The summed E-state index contributed by atoms with van der Waals surface area (Å²) in [5, 5.41) is 18.7. The van der Waals surface area contributed by atoms with Gasteiger partial charge < -0.3 is 32.8 Å². The number of carbonyl (C=O) groups excluding carboxylic acids is 4. The summed E-state index contributed by atoms with van der Waals surface area (Å²) in [7, 11) is 3.24. The van der Waals surface area contributed by atoms with Gasteiger partial charge in [-0.05, 0) is 78.9 Å². The number of aliphatic hydroxyl groups excluding tert-OH is 1.